The Morgan fingerprint density at radius 2 is 1.40 bits per heavy atom. The van der Waals surface area contributed by atoms with Gasteiger partial charge in [0.2, 0.25) is 11.8 Å². The summed E-state index contributed by atoms with van der Waals surface area (Å²) < 4.78 is 12.8. The number of benzene rings is 1. The fraction of sp³-hybridized carbons (Fsp3) is 0.600. The third-order valence-electron chi connectivity index (χ3n) is 4.08. The number of anilines is 1. The van der Waals surface area contributed by atoms with Gasteiger partial charge in [-0.1, -0.05) is 58.3 Å². The molecule has 1 aromatic rings. The summed E-state index contributed by atoms with van der Waals surface area (Å²) in [6.45, 7) is 2.16. The maximum atomic E-state index is 12.8. The number of hydrogen-bond acceptors (Lipinski definition) is 2. The van der Waals surface area contributed by atoms with Gasteiger partial charge in [-0.25, -0.2) is 4.39 Å². The molecule has 0 aliphatic rings. The Hall–Kier alpha value is -1.91. The van der Waals surface area contributed by atoms with Crippen molar-refractivity contribution in [2.75, 3.05) is 11.9 Å². The van der Waals surface area contributed by atoms with Crippen molar-refractivity contribution in [1.82, 2.24) is 5.32 Å². The van der Waals surface area contributed by atoms with Crippen LogP contribution >= 0.6 is 0 Å². The predicted octanol–water partition coefficient (Wildman–Crippen LogP) is 4.80. The van der Waals surface area contributed by atoms with E-state index in [0.717, 1.165) is 12.8 Å². The van der Waals surface area contributed by atoms with E-state index in [-0.39, 0.29) is 24.2 Å². The van der Waals surface area contributed by atoms with Crippen molar-refractivity contribution >= 4 is 17.5 Å². The summed E-state index contributed by atoms with van der Waals surface area (Å²) >= 11 is 0. The molecule has 0 aliphatic carbocycles. The summed E-state index contributed by atoms with van der Waals surface area (Å²) in [5.74, 6) is -0.767. The summed E-state index contributed by atoms with van der Waals surface area (Å²) in [5.41, 5.74) is 0.514. The van der Waals surface area contributed by atoms with Gasteiger partial charge in [0, 0.05) is 12.1 Å². The maximum Gasteiger partial charge on any atom is 0.243 e. The van der Waals surface area contributed by atoms with Crippen molar-refractivity contribution in [2.45, 2.75) is 71.1 Å². The largest absolute Gasteiger partial charge is 0.347 e. The number of nitrogens with one attached hydrogen (secondary N) is 2. The smallest absolute Gasteiger partial charge is 0.243 e. The average Bonchev–Trinajstić information content (AvgIpc) is 2.60. The van der Waals surface area contributed by atoms with E-state index in [1.54, 1.807) is 0 Å². The third-order valence-corrected chi connectivity index (χ3v) is 4.08. The van der Waals surface area contributed by atoms with Crippen LogP contribution in [0.25, 0.3) is 0 Å². The molecule has 0 radical (unpaired) electrons. The number of hydrogen-bond donors (Lipinski definition) is 2. The standard InChI is InChI=1S/C20H31FN2O2/c1-2-3-4-5-6-7-8-9-10-11-19(24)22-16-20(25)23-18-14-12-17(21)13-15-18/h12-15H,2-11,16H2,1H3,(H,22,24)(H,23,25). The molecule has 5 heteroatoms. The van der Waals surface area contributed by atoms with Gasteiger partial charge < -0.3 is 10.6 Å². The summed E-state index contributed by atoms with van der Waals surface area (Å²) in [7, 11) is 0. The fourth-order valence-electron chi connectivity index (χ4n) is 2.60. The number of halogens is 1. The first kappa shape index (κ1) is 21.1. The molecule has 25 heavy (non-hydrogen) atoms. The van der Waals surface area contributed by atoms with Gasteiger partial charge in [-0.05, 0) is 30.7 Å². The molecule has 0 heterocycles. The van der Waals surface area contributed by atoms with Gasteiger partial charge in [-0.3, -0.25) is 9.59 Å². The summed E-state index contributed by atoms with van der Waals surface area (Å²) in [6.07, 6.45) is 11.3. The lowest BCUT2D eigenvalue weighted by Crippen LogP contribution is -2.32. The summed E-state index contributed by atoms with van der Waals surface area (Å²) in [6, 6.07) is 5.52. The van der Waals surface area contributed by atoms with Crippen LogP contribution in [0.2, 0.25) is 0 Å². The first-order valence-electron chi connectivity index (χ1n) is 9.44. The molecule has 0 saturated heterocycles. The highest BCUT2D eigenvalue weighted by molar-refractivity contribution is 5.94. The highest BCUT2D eigenvalue weighted by atomic mass is 19.1. The Balaban J connectivity index is 1.99. The van der Waals surface area contributed by atoms with E-state index in [0.29, 0.717) is 12.1 Å². The topological polar surface area (TPSA) is 58.2 Å². The average molecular weight is 350 g/mol. The second-order valence-corrected chi connectivity index (χ2v) is 6.41. The fourth-order valence-corrected chi connectivity index (χ4v) is 2.60. The molecule has 1 aromatic carbocycles. The minimum absolute atomic E-state index is 0.0619. The second kappa shape index (κ2) is 13.4. The Morgan fingerprint density at radius 1 is 0.840 bits per heavy atom. The number of carbonyl (C=O) groups is 2. The van der Waals surface area contributed by atoms with Crippen molar-refractivity contribution in [3.63, 3.8) is 0 Å². The lowest BCUT2D eigenvalue weighted by Gasteiger charge is -2.07. The molecular formula is C20H31FN2O2. The van der Waals surface area contributed by atoms with E-state index in [1.165, 1.54) is 69.2 Å². The van der Waals surface area contributed by atoms with E-state index >= 15 is 0 Å². The lowest BCUT2D eigenvalue weighted by molar-refractivity contribution is -0.124. The van der Waals surface area contributed by atoms with Crippen LogP contribution in [0.1, 0.15) is 71.1 Å². The number of amides is 2. The Morgan fingerprint density at radius 3 is 2.00 bits per heavy atom. The van der Waals surface area contributed by atoms with E-state index < -0.39 is 0 Å². The molecule has 0 fully saturated rings. The van der Waals surface area contributed by atoms with Gasteiger partial charge in [-0.15, -0.1) is 0 Å². The zero-order valence-corrected chi connectivity index (χ0v) is 15.3. The maximum absolute atomic E-state index is 12.8. The molecule has 0 unspecified atom stereocenters. The van der Waals surface area contributed by atoms with Gasteiger partial charge in [-0.2, -0.15) is 0 Å². The highest BCUT2D eigenvalue weighted by Gasteiger charge is 2.06. The van der Waals surface area contributed by atoms with Gasteiger partial charge in [0.1, 0.15) is 5.82 Å². The van der Waals surface area contributed by atoms with Gasteiger partial charge in [0.05, 0.1) is 6.54 Å². The predicted molar refractivity (Wildman–Crippen MR) is 99.9 cm³/mol. The first-order chi connectivity index (χ1) is 12.1. The highest BCUT2D eigenvalue weighted by Crippen LogP contribution is 2.10. The molecule has 0 aliphatic heterocycles. The summed E-state index contributed by atoms with van der Waals surface area (Å²) in [4.78, 5) is 23.4. The zero-order valence-electron chi connectivity index (χ0n) is 15.3. The minimum atomic E-state index is -0.354. The van der Waals surface area contributed by atoms with Crippen LogP contribution in [0.15, 0.2) is 24.3 Å². The molecule has 2 N–H and O–H groups in total. The molecule has 0 bridgehead atoms. The third kappa shape index (κ3) is 11.3. The first-order valence-corrected chi connectivity index (χ1v) is 9.44. The molecule has 2 amide bonds. The SMILES string of the molecule is CCCCCCCCCCCC(=O)NCC(=O)Nc1ccc(F)cc1. The van der Waals surface area contributed by atoms with Crippen molar-refractivity contribution in [3.8, 4) is 0 Å². The Bertz CT molecular complexity index is 503. The number of unbranched alkanes of at least 4 members (excludes halogenated alkanes) is 8. The zero-order chi connectivity index (χ0) is 18.3. The Labute approximate surface area is 150 Å². The normalized spacial score (nSPS) is 10.5. The van der Waals surface area contributed by atoms with E-state index in [4.69, 9.17) is 0 Å². The van der Waals surface area contributed by atoms with Crippen LogP contribution in [0.3, 0.4) is 0 Å². The van der Waals surface area contributed by atoms with Crippen molar-refractivity contribution in [1.29, 1.82) is 0 Å². The van der Waals surface area contributed by atoms with Crippen LogP contribution in [0.5, 0.6) is 0 Å². The molecular weight excluding hydrogens is 319 g/mol. The molecule has 0 aromatic heterocycles. The summed E-state index contributed by atoms with van der Waals surface area (Å²) in [5, 5.41) is 5.22. The molecule has 4 nitrogen and oxygen atoms in total. The Kier molecular flexibility index (Phi) is 11.3. The quantitative estimate of drug-likeness (QED) is 0.502. The van der Waals surface area contributed by atoms with Crippen LogP contribution in [0.4, 0.5) is 10.1 Å². The van der Waals surface area contributed by atoms with E-state index in [9.17, 15) is 14.0 Å². The van der Waals surface area contributed by atoms with E-state index in [2.05, 4.69) is 17.6 Å². The molecule has 0 saturated carbocycles. The van der Waals surface area contributed by atoms with Crippen LogP contribution in [-0.4, -0.2) is 18.4 Å². The van der Waals surface area contributed by atoms with Crippen molar-refractivity contribution in [3.05, 3.63) is 30.1 Å². The van der Waals surface area contributed by atoms with Crippen molar-refractivity contribution < 1.29 is 14.0 Å². The van der Waals surface area contributed by atoms with Gasteiger partial charge in [0.25, 0.3) is 0 Å². The molecule has 140 valence electrons. The van der Waals surface area contributed by atoms with Crippen LogP contribution < -0.4 is 10.6 Å². The van der Waals surface area contributed by atoms with Crippen molar-refractivity contribution in [2.24, 2.45) is 0 Å². The lowest BCUT2D eigenvalue weighted by atomic mass is 10.1. The van der Waals surface area contributed by atoms with Gasteiger partial charge >= 0.3 is 0 Å². The van der Waals surface area contributed by atoms with Gasteiger partial charge in [0.15, 0.2) is 0 Å². The molecule has 1 rings (SSSR count). The van der Waals surface area contributed by atoms with Crippen LogP contribution in [0, 0.1) is 5.82 Å². The monoisotopic (exact) mass is 350 g/mol. The molecule has 0 spiro atoms. The minimum Gasteiger partial charge on any atom is -0.347 e. The molecule has 0 atom stereocenters. The van der Waals surface area contributed by atoms with E-state index in [1.807, 2.05) is 0 Å². The number of carbonyl (C=O) groups excluding carboxylic acids is 2. The van der Waals surface area contributed by atoms with Crippen LogP contribution in [-0.2, 0) is 9.59 Å². The second-order valence-electron chi connectivity index (χ2n) is 6.41. The number of rotatable bonds is 13.